The Kier molecular flexibility index (Phi) is 4.65. The van der Waals surface area contributed by atoms with Crippen LogP contribution in [-0.2, 0) is 12.8 Å². The third-order valence-corrected chi connectivity index (χ3v) is 6.36. The zero-order chi connectivity index (χ0) is 14.8. The maximum atomic E-state index is 12.9. The van der Waals surface area contributed by atoms with Crippen LogP contribution in [0, 0.1) is 5.92 Å². The second-order valence-corrected chi connectivity index (χ2v) is 7.49. The van der Waals surface area contributed by atoms with Gasteiger partial charge in [0.2, 0.25) is 0 Å². The fourth-order valence-electron chi connectivity index (χ4n) is 3.97. The van der Waals surface area contributed by atoms with Crippen molar-refractivity contribution in [2.75, 3.05) is 13.1 Å². The van der Waals surface area contributed by atoms with Crippen molar-refractivity contribution in [2.45, 2.75) is 57.9 Å². The number of fused-ring (bicyclic) bond motifs is 1. The van der Waals surface area contributed by atoms with E-state index < -0.39 is 0 Å². The van der Waals surface area contributed by atoms with Crippen molar-refractivity contribution in [3.05, 3.63) is 21.4 Å². The standard InChI is InChI=1S/C17H26N2OS/c1-2-19(14-8-5-7-13(14)11-18)17(20)16-10-12-6-3-4-9-15(12)21-16/h10,13-14H,2-9,11,18H2,1H3. The Morgan fingerprint density at radius 1 is 1.33 bits per heavy atom. The minimum atomic E-state index is 0.238. The minimum Gasteiger partial charge on any atom is -0.335 e. The highest BCUT2D eigenvalue weighted by molar-refractivity contribution is 7.14. The number of rotatable bonds is 4. The van der Waals surface area contributed by atoms with Crippen LogP contribution >= 0.6 is 11.3 Å². The van der Waals surface area contributed by atoms with E-state index in [1.54, 1.807) is 11.3 Å². The molecule has 1 fully saturated rings. The van der Waals surface area contributed by atoms with Gasteiger partial charge in [-0.15, -0.1) is 11.3 Å². The summed E-state index contributed by atoms with van der Waals surface area (Å²) in [7, 11) is 0. The van der Waals surface area contributed by atoms with Gasteiger partial charge in [0.25, 0.3) is 5.91 Å². The largest absolute Gasteiger partial charge is 0.335 e. The predicted molar refractivity (Wildman–Crippen MR) is 87.9 cm³/mol. The molecule has 3 rings (SSSR count). The van der Waals surface area contributed by atoms with Crippen molar-refractivity contribution in [3.63, 3.8) is 0 Å². The van der Waals surface area contributed by atoms with Crippen LogP contribution < -0.4 is 5.73 Å². The van der Waals surface area contributed by atoms with Crippen molar-refractivity contribution in [1.29, 1.82) is 0 Å². The van der Waals surface area contributed by atoms with Crippen LogP contribution in [0.4, 0.5) is 0 Å². The van der Waals surface area contributed by atoms with Crippen LogP contribution in [0.1, 0.15) is 59.1 Å². The molecule has 0 bridgehead atoms. The van der Waals surface area contributed by atoms with Crippen molar-refractivity contribution in [1.82, 2.24) is 4.90 Å². The van der Waals surface area contributed by atoms with Gasteiger partial charge in [0.1, 0.15) is 0 Å². The van der Waals surface area contributed by atoms with Gasteiger partial charge < -0.3 is 10.6 Å². The summed E-state index contributed by atoms with van der Waals surface area (Å²) in [6, 6.07) is 2.52. The summed E-state index contributed by atoms with van der Waals surface area (Å²) in [4.78, 5) is 17.4. The third-order valence-electron chi connectivity index (χ3n) is 5.13. The maximum absolute atomic E-state index is 12.9. The van der Waals surface area contributed by atoms with E-state index in [2.05, 4.69) is 17.9 Å². The topological polar surface area (TPSA) is 46.3 Å². The number of carbonyl (C=O) groups excluding carboxylic acids is 1. The summed E-state index contributed by atoms with van der Waals surface area (Å²) in [5.41, 5.74) is 7.32. The fraction of sp³-hybridized carbons (Fsp3) is 0.706. The molecule has 0 aliphatic heterocycles. The van der Waals surface area contributed by atoms with Gasteiger partial charge in [-0.2, -0.15) is 0 Å². The lowest BCUT2D eigenvalue weighted by Crippen LogP contribution is -2.43. The Morgan fingerprint density at radius 2 is 2.14 bits per heavy atom. The lowest BCUT2D eigenvalue weighted by atomic mass is 9.99. The minimum absolute atomic E-state index is 0.238. The van der Waals surface area contributed by atoms with Gasteiger partial charge in [-0.1, -0.05) is 6.42 Å². The number of thiophene rings is 1. The van der Waals surface area contributed by atoms with E-state index in [9.17, 15) is 4.79 Å². The first-order valence-electron chi connectivity index (χ1n) is 8.37. The van der Waals surface area contributed by atoms with Gasteiger partial charge in [-0.25, -0.2) is 0 Å². The lowest BCUT2D eigenvalue weighted by Gasteiger charge is -2.31. The van der Waals surface area contributed by atoms with Gasteiger partial charge in [-0.3, -0.25) is 4.79 Å². The van der Waals surface area contributed by atoms with Crippen LogP contribution in [0.3, 0.4) is 0 Å². The first kappa shape index (κ1) is 15.0. The highest BCUT2D eigenvalue weighted by Gasteiger charge is 2.34. The summed E-state index contributed by atoms with van der Waals surface area (Å²) < 4.78 is 0. The molecule has 2 N–H and O–H groups in total. The quantitative estimate of drug-likeness (QED) is 0.928. The summed E-state index contributed by atoms with van der Waals surface area (Å²) in [6.45, 7) is 3.59. The molecule has 116 valence electrons. The highest BCUT2D eigenvalue weighted by Crippen LogP contribution is 2.33. The van der Waals surface area contributed by atoms with Gasteiger partial charge in [0, 0.05) is 17.5 Å². The van der Waals surface area contributed by atoms with Crippen molar-refractivity contribution < 1.29 is 4.79 Å². The smallest absolute Gasteiger partial charge is 0.264 e. The molecule has 1 heterocycles. The van der Waals surface area contributed by atoms with E-state index in [1.165, 1.54) is 36.1 Å². The van der Waals surface area contributed by atoms with Gasteiger partial charge in [0.05, 0.1) is 4.88 Å². The molecular formula is C17H26N2OS. The SMILES string of the molecule is CCN(C(=O)c1cc2c(s1)CCCC2)C1CCCC1CN. The van der Waals surface area contributed by atoms with Gasteiger partial charge in [-0.05, 0) is 69.5 Å². The molecule has 2 aliphatic rings. The van der Waals surface area contributed by atoms with Gasteiger partial charge in [0.15, 0.2) is 0 Å². The molecule has 1 aromatic rings. The van der Waals surface area contributed by atoms with E-state index in [1.807, 2.05) is 0 Å². The maximum Gasteiger partial charge on any atom is 0.264 e. The fourth-order valence-corrected chi connectivity index (χ4v) is 5.18. The van der Waals surface area contributed by atoms with Crippen LogP contribution in [0.25, 0.3) is 0 Å². The number of carbonyl (C=O) groups is 1. The Hall–Kier alpha value is -0.870. The van der Waals surface area contributed by atoms with E-state index in [0.29, 0.717) is 18.5 Å². The molecule has 0 aromatic carbocycles. The van der Waals surface area contributed by atoms with Crippen molar-refractivity contribution in [3.8, 4) is 0 Å². The number of aryl methyl sites for hydroxylation is 2. The van der Waals surface area contributed by atoms with Crippen LogP contribution in [0.15, 0.2) is 6.07 Å². The van der Waals surface area contributed by atoms with Crippen molar-refractivity contribution >= 4 is 17.2 Å². The second kappa shape index (κ2) is 6.49. The molecule has 0 radical (unpaired) electrons. The number of nitrogens with zero attached hydrogens (tertiary/aromatic N) is 1. The lowest BCUT2D eigenvalue weighted by molar-refractivity contribution is 0.0657. The number of hydrogen-bond acceptors (Lipinski definition) is 3. The molecule has 1 saturated carbocycles. The van der Waals surface area contributed by atoms with Crippen molar-refractivity contribution in [2.24, 2.45) is 11.7 Å². The summed E-state index contributed by atoms with van der Waals surface area (Å²) in [5, 5.41) is 0. The van der Waals surface area contributed by atoms with Gasteiger partial charge >= 0.3 is 0 Å². The average Bonchev–Trinajstić information content (AvgIpc) is 3.14. The first-order chi connectivity index (χ1) is 10.2. The van der Waals surface area contributed by atoms with E-state index in [-0.39, 0.29) is 5.91 Å². The Morgan fingerprint density at radius 3 is 2.86 bits per heavy atom. The first-order valence-corrected chi connectivity index (χ1v) is 9.18. The summed E-state index contributed by atoms with van der Waals surface area (Å²) in [5.74, 6) is 0.728. The second-order valence-electron chi connectivity index (χ2n) is 6.35. The average molecular weight is 306 g/mol. The molecule has 3 nitrogen and oxygen atoms in total. The summed E-state index contributed by atoms with van der Waals surface area (Å²) >= 11 is 1.73. The monoisotopic (exact) mass is 306 g/mol. The normalized spacial score (nSPS) is 24.9. The van der Waals surface area contributed by atoms with Crippen LogP contribution in [-0.4, -0.2) is 29.9 Å². The van der Waals surface area contributed by atoms with E-state index >= 15 is 0 Å². The number of amides is 1. The molecule has 0 spiro atoms. The number of nitrogens with two attached hydrogens (primary N) is 1. The van der Waals surface area contributed by atoms with E-state index in [4.69, 9.17) is 5.73 Å². The molecule has 21 heavy (non-hydrogen) atoms. The molecule has 0 saturated heterocycles. The number of hydrogen-bond donors (Lipinski definition) is 1. The molecule has 1 amide bonds. The highest BCUT2D eigenvalue weighted by atomic mass is 32.1. The third kappa shape index (κ3) is 2.88. The molecular weight excluding hydrogens is 280 g/mol. The molecule has 1 aromatic heterocycles. The Bertz CT molecular complexity index is 487. The van der Waals surface area contributed by atoms with Crippen LogP contribution in [0.5, 0.6) is 0 Å². The molecule has 2 unspecified atom stereocenters. The molecule has 2 aliphatic carbocycles. The summed E-state index contributed by atoms with van der Waals surface area (Å²) in [6.07, 6.45) is 8.35. The Balaban J connectivity index is 1.80. The van der Waals surface area contributed by atoms with E-state index in [0.717, 1.165) is 30.7 Å². The molecule has 2 atom stereocenters. The Labute approximate surface area is 131 Å². The zero-order valence-electron chi connectivity index (χ0n) is 12.9. The van der Waals surface area contributed by atoms with Crippen LogP contribution in [0.2, 0.25) is 0 Å². The predicted octanol–water partition coefficient (Wildman–Crippen LogP) is 3.22. The molecule has 4 heteroatoms. The zero-order valence-corrected chi connectivity index (χ0v) is 13.8.